The van der Waals surface area contributed by atoms with Gasteiger partial charge in [-0.1, -0.05) is 37.1 Å². The molecule has 0 spiro atoms. The fraction of sp³-hybridized carbons (Fsp3) is 0.296. The van der Waals surface area contributed by atoms with Gasteiger partial charge in [-0.05, 0) is 84.8 Å². The van der Waals surface area contributed by atoms with Gasteiger partial charge in [-0.15, -0.1) is 0 Å². The number of aryl methyl sites for hydroxylation is 2. The normalized spacial score (nSPS) is 18.9. The second-order valence-electron chi connectivity index (χ2n) is 8.86. The monoisotopic (exact) mass is 410 g/mol. The first-order valence-electron chi connectivity index (χ1n) is 11.3. The smallest absolute Gasteiger partial charge is 0.130 e. The molecule has 0 amide bonds. The van der Waals surface area contributed by atoms with Crippen LogP contribution in [0.15, 0.2) is 60.7 Å². The van der Waals surface area contributed by atoms with Crippen LogP contribution in [-0.4, -0.2) is 17.1 Å². The first-order chi connectivity index (χ1) is 15.1. The fourth-order valence-electron chi connectivity index (χ4n) is 4.61. The molecule has 1 aromatic heterocycles. The molecule has 4 N–H and O–H groups in total. The van der Waals surface area contributed by atoms with Crippen molar-refractivity contribution in [1.29, 1.82) is 0 Å². The van der Waals surface area contributed by atoms with Gasteiger partial charge in [-0.2, -0.15) is 0 Å². The number of aromatic nitrogens is 1. The molecular formula is C27H30N4. The van der Waals surface area contributed by atoms with Crippen LogP contribution in [0.4, 0.5) is 17.2 Å². The van der Waals surface area contributed by atoms with E-state index in [1.807, 2.05) is 13.0 Å². The number of fused-ring (bicyclic) bond motifs is 2. The van der Waals surface area contributed by atoms with Gasteiger partial charge in [0.15, 0.2) is 0 Å². The van der Waals surface area contributed by atoms with Crippen LogP contribution in [0, 0.1) is 13.8 Å². The summed E-state index contributed by atoms with van der Waals surface area (Å²) in [5.41, 5.74) is 10.8. The molecule has 2 atom stereocenters. The maximum absolute atomic E-state index is 6.35. The number of nitrogens with two attached hydrogens (primary N) is 1. The van der Waals surface area contributed by atoms with Crippen molar-refractivity contribution in [1.82, 2.24) is 4.98 Å². The van der Waals surface area contributed by atoms with Crippen molar-refractivity contribution in [2.75, 3.05) is 10.6 Å². The molecule has 31 heavy (non-hydrogen) atoms. The molecule has 1 aliphatic carbocycles. The Morgan fingerprint density at radius 2 is 1.74 bits per heavy atom. The van der Waals surface area contributed by atoms with Crippen molar-refractivity contribution in [3.8, 4) is 0 Å². The Hall–Kier alpha value is -3.11. The first kappa shape index (κ1) is 19.8. The lowest BCUT2D eigenvalue weighted by molar-refractivity contribution is 0.404. The summed E-state index contributed by atoms with van der Waals surface area (Å²) in [6.07, 6.45) is 4.75. The minimum atomic E-state index is 0.238. The molecule has 1 fully saturated rings. The molecule has 1 saturated carbocycles. The third-order valence-corrected chi connectivity index (χ3v) is 6.62. The molecule has 0 saturated heterocycles. The summed E-state index contributed by atoms with van der Waals surface area (Å²) < 4.78 is 0. The van der Waals surface area contributed by atoms with E-state index in [0.717, 1.165) is 35.7 Å². The summed E-state index contributed by atoms with van der Waals surface area (Å²) in [6, 6.07) is 22.3. The van der Waals surface area contributed by atoms with E-state index in [9.17, 15) is 0 Å². The molecule has 5 rings (SSSR count). The molecule has 0 unspecified atom stereocenters. The molecule has 4 heteroatoms. The largest absolute Gasteiger partial charge is 0.381 e. The van der Waals surface area contributed by atoms with Crippen molar-refractivity contribution in [3.63, 3.8) is 0 Å². The Morgan fingerprint density at radius 3 is 2.58 bits per heavy atom. The lowest BCUT2D eigenvalue weighted by atomic mass is 9.91. The minimum absolute atomic E-state index is 0.238. The highest BCUT2D eigenvalue weighted by Gasteiger charge is 2.21. The van der Waals surface area contributed by atoms with Gasteiger partial charge >= 0.3 is 0 Å². The highest BCUT2D eigenvalue weighted by molar-refractivity contribution is 6.05. The van der Waals surface area contributed by atoms with Crippen LogP contribution in [0.25, 0.3) is 21.5 Å². The van der Waals surface area contributed by atoms with E-state index in [-0.39, 0.29) is 6.04 Å². The number of anilines is 3. The number of rotatable bonds is 4. The van der Waals surface area contributed by atoms with Crippen molar-refractivity contribution >= 4 is 38.7 Å². The Labute approximate surface area is 183 Å². The molecule has 1 aliphatic rings. The van der Waals surface area contributed by atoms with E-state index in [2.05, 4.69) is 72.2 Å². The lowest BCUT2D eigenvalue weighted by Gasteiger charge is -2.30. The number of pyridine rings is 1. The number of hydrogen-bond donors (Lipinski definition) is 3. The van der Waals surface area contributed by atoms with Gasteiger partial charge in [0.25, 0.3) is 0 Å². The molecule has 0 aliphatic heterocycles. The average molecular weight is 411 g/mol. The predicted molar refractivity (Wildman–Crippen MR) is 132 cm³/mol. The number of benzene rings is 3. The zero-order valence-electron chi connectivity index (χ0n) is 18.3. The van der Waals surface area contributed by atoms with Gasteiger partial charge in [-0.25, -0.2) is 4.98 Å². The number of nitrogens with zero attached hydrogens (tertiary/aromatic N) is 1. The molecular weight excluding hydrogens is 380 g/mol. The van der Waals surface area contributed by atoms with Crippen LogP contribution < -0.4 is 16.4 Å². The highest BCUT2D eigenvalue weighted by Crippen LogP contribution is 2.32. The van der Waals surface area contributed by atoms with Gasteiger partial charge < -0.3 is 16.4 Å². The van der Waals surface area contributed by atoms with E-state index in [1.54, 1.807) is 0 Å². The zero-order valence-corrected chi connectivity index (χ0v) is 18.3. The predicted octanol–water partition coefficient (Wildman–Crippen LogP) is 6.43. The van der Waals surface area contributed by atoms with Crippen molar-refractivity contribution in [2.45, 2.75) is 51.6 Å². The molecule has 0 radical (unpaired) electrons. The van der Waals surface area contributed by atoms with E-state index in [4.69, 9.17) is 10.7 Å². The van der Waals surface area contributed by atoms with Gasteiger partial charge in [0.1, 0.15) is 5.82 Å². The van der Waals surface area contributed by atoms with Crippen LogP contribution in [0.3, 0.4) is 0 Å². The van der Waals surface area contributed by atoms with E-state index in [1.165, 1.54) is 39.9 Å². The van der Waals surface area contributed by atoms with Gasteiger partial charge in [0, 0.05) is 34.5 Å². The van der Waals surface area contributed by atoms with Gasteiger partial charge in [0.05, 0.1) is 0 Å². The minimum Gasteiger partial charge on any atom is -0.381 e. The van der Waals surface area contributed by atoms with Crippen LogP contribution in [-0.2, 0) is 0 Å². The molecule has 3 aromatic carbocycles. The lowest BCUT2D eigenvalue weighted by Crippen LogP contribution is -2.42. The molecule has 1 heterocycles. The topological polar surface area (TPSA) is 63.0 Å². The SMILES string of the molecule is Cc1ccc(Nc2cccc3cc4ccc(N[C@@H]5CCCC[C@@H]5N)cc4cc23)nc1C. The van der Waals surface area contributed by atoms with E-state index < -0.39 is 0 Å². The zero-order chi connectivity index (χ0) is 21.4. The maximum atomic E-state index is 6.35. The Balaban J connectivity index is 1.50. The quantitative estimate of drug-likeness (QED) is 0.339. The number of hydrogen-bond acceptors (Lipinski definition) is 4. The maximum Gasteiger partial charge on any atom is 0.130 e. The van der Waals surface area contributed by atoms with E-state index in [0.29, 0.717) is 6.04 Å². The van der Waals surface area contributed by atoms with Crippen LogP contribution in [0.2, 0.25) is 0 Å². The van der Waals surface area contributed by atoms with Crippen LogP contribution >= 0.6 is 0 Å². The van der Waals surface area contributed by atoms with Crippen LogP contribution in [0.5, 0.6) is 0 Å². The summed E-state index contributed by atoms with van der Waals surface area (Å²) in [7, 11) is 0. The third kappa shape index (κ3) is 4.08. The molecule has 158 valence electrons. The Kier molecular flexibility index (Phi) is 5.24. The van der Waals surface area contributed by atoms with Crippen molar-refractivity contribution in [3.05, 3.63) is 71.9 Å². The van der Waals surface area contributed by atoms with Gasteiger partial charge in [-0.3, -0.25) is 0 Å². The highest BCUT2D eigenvalue weighted by atomic mass is 15.0. The average Bonchev–Trinajstić information content (AvgIpc) is 2.77. The first-order valence-corrected chi connectivity index (χ1v) is 11.3. The summed E-state index contributed by atoms with van der Waals surface area (Å²) in [4.78, 5) is 4.69. The number of nitrogens with one attached hydrogen (secondary N) is 2. The fourth-order valence-corrected chi connectivity index (χ4v) is 4.61. The molecule has 0 bridgehead atoms. The van der Waals surface area contributed by atoms with E-state index >= 15 is 0 Å². The second-order valence-corrected chi connectivity index (χ2v) is 8.86. The third-order valence-electron chi connectivity index (χ3n) is 6.62. The summed E-state index contributed by atoms with van der Waals surface area (Å²) in [5, 5.41) is 12.1. The summed E-state index contributed by atoms with van der Waals surface area (Å²) >= 11 is 0. The summed E-state index contributed by atoms with van der Waals surface area (Å²) in [5.74, 6) is 0.873. The van der Waals surface area contributed by atoms with Gasteiger partial charge in [0.2, 0.25) is 0 Å². The second kappa shape index (κ2) is 8.20. The molecule has 4 nitrogen and oxygen atoms in total. The summed E-state index contributed by atoms with van der Waals surface area (Å²) in [6.45, 7) is 4.13. The molecule has 4 aromatic rings. The Bertz CT molecular complexity index is 1250. The Morgan fingerprint density at radius 1 is 0.871 bits per heavy atom. The van der Waals surface area contributed by atoms with Crippen molar-refractivity contribution in [2.24, 2.45) is 5.73 Å². The standard InChI is InChI=1S/C27H30N4/c1-17-10-13-27(29-18(17)2)31-25-9-5-6-20-14-19-11-12-22(15-21(19)16-23(20)25)30-26-8-4-3-7-24(26)28/h5-6,9-16,24,26,30H,3-4,7-8,28H2,1-2H3,(H,29,31)/t24-,26+/m0/s1. The van der Waals surface area contributed by atoms with Crippen LogP contribution in [0.1, 0.15) is 36.9 Å². The van der Waals surface area contributed by atoms with Crippen molar-refractivity contribution < 1.29 is 0 Å².